The van der Waals surface area contributed by atoms with Crippen LogP contribution in [-0.4, -0.2) is 37.4 Å². The molecule has 4 aromatic rings. The van der Waals surface area contributed by atoms with Gasteiger partial charge in [-0.3, -0.25) is 9.67 Å². The molecule has 1 aliphatic rings. The summed E-state index contributed by atoms with van der Waals surface area (Å²) < 4.78 is 7.91. The normalized spacial score (nSPS) is 15.8. The average Bonchev–Trinajstić information content (AvgIpc) is 3.13. The Labute approximate surface area is 162 Å². The lowest BCUT2D eigenvalue weighted by atomic mass is 10.0. The molecule has 1 aromatic carbocycles. The van der Waals surface area contributed by atoms with Crippen molar-refractivity contribution in [2.24, 2.45) is 7.05 Å². The van der Waals surface area contributed by atoms with Gasteiger partial charge in [-0.1, -0.05) is 18.2 Å². The number of nitrogens with zero attached hydrogens (tertiary/aromatic N) is 5. The maximum atomic E-state index is 6.15. The third kappa shape index (κ3) is 3.05. The lowest BCUT2D eigenvalue weighted by molar-refractivity contribution is 0.185. The third-order valence-electron chi connectivity index (χ3n) is 5.01. The minimum absolute atomic E-state index is 0.0958. The first kappa shape index (κ1) is 16.7. The van der Waals surface area contributed by atoms with E-state index in [2.05, 4.69) is 32.5 Å². The molecule has 0 saturated carbocycles. The lowest BCUT2D eigenvalue weighted by Gasteiger charge is -2.26. The number of pyridine rings is 1. The maximum absolute atomic E-state index is 6.15. The fraction of sp³-hybridized carbons (Fsp3) is 0.238. The van der Waals surface area contributed by atoms with Crippen molar-refractivity contribution in [3.05, 3.63) is 60.6 Å². The molecule has 0 bridgehead atoms. The van der Waals surface area contributed by atoms with E-state index in [1.807, 2.05) is 31.3 Å². The summed E-state index contributed by atoms with van der Waals surface area (Å²) in [5.74, 6) is 2.37. The van der Waals surface area contributed by atoms with Crippen LogP contribution in [0.3, 0.4) is 0 Å². The van der Waals surface area contributed by atoms with Gasteiger partial charge < -0.3 is 10.1 Å². The number of anilines is 1. The summed E-state index contributed by atoms with van der Waals surface area (Å²) in [4.78, 5) is 13.6. The zero-order valence-electron chi connectivity index (χ0n) is 15.5. The smallest absolute Gasteiger partial charge is 0.165 e. The van der Waals surface area contributed by atoms with E-state index in [0.717, 1.165) is 41.0 Å². The van der Waals surface area contributed by atoms with Crippen LogP contribution in [0.5, 0.6) is 5.75 Å². The van der Waals surface area contributed by atoms with Crippen LogP contribution >= 0.6 is 0 Å². The summed E-state index contributed by atoms with van der Waals surface area (Å²) in [6.07, 6.45) is 7.39. The molecule has 0 aliphatic carbocycles. The van der Waals surface area contributed by atoms with Crippen LogP contribution in [0.1, 0.15) is 12.0 Å². The minimum Gasteiger partial charge on any atom is -0.488 e. The van der Waals surface area contributed by atoms with Crippen LogP contribution in [0.25, 0.3) is 22.4 Å². The van der Waals surface area contributed by atoms with Gasteiger partial charge >= 0.3 is 0 Å². The summed E-state index contributed by atoms with van der Waals surface area (Å²) in [6, 6.07) is 12.1. The summed E-state index contributed by atoms with van der Waals surface area (Å²) in [7, 11) is 1.88. The van der Waals surface area contributed by atoms with Gasteiger partial charge in [0.25, 0.3) is 0 Å². The average molecular weight is 372 g/mol. The molecule has 0 fully saturated rings. The molecule has 28 heavy (non-hydrogen) atoms. The first-order valence-electron chi connectivity index (χ1n) is 9.36. The predicted molar refractivity (Wildman–Crippen MR) is 107 cm³/mol. The highest BCUT2D eigenvalue weighted by Gasteiger charge is 2.20. The fourth-order valence-electron chi connectivity index (χ4n) is 3.52. The highest BCUT2D eigenvalue weighted by atomic mass is 16.5. The fourth-order valence-corrected chi connectivity index (χ4v) is 3.52. The van der Waals surface area contributed by atoms with Crippen molar-refractivity contribution in [3.8, 4) is 17.1 Å². The van der Waals surface area contributed by atoms with Gasteiger partial charge in [0.15, 0.2) is 11.5 Å². The molecule has 1 N–H and O–H groups in total. The summed E-state index contributed by atoms with van der Waals surface area (Å²) in [5.41, 5.74) is 2.93. The molecule has 140 valence electrons. The Morgan fingerprint density at radius 3 is 2.96 bits per heavy atom. The second kappa shape index (κ2) is 6.92. The minimum atomic E-state index is 0.0958. The van der Waals surface area contributed by atoms with Gasteiger partial charge in [0.1, 0.15) is 17.7 Å². The number of aromatic nitrogens is 5. The first-order chi connectivity index (χ1) is 13.8. The molecular formula is C21H20N6O. The van der Waals surface area contributed by atoms with Gasteiger partial charge in [-0.2, -0.15) is 5.10 Å². The molecule has 0 amide bonds. The van der Waals surface area contributed by atoms with Crippen molar-refractivity contribution >= 4 is 16.9 Å². The molecule has 1 aliphatic heterocycles. The van der Waals surface area contributed by atoms with E-state index in [4.69, 9.17) is 9.72 Å². The summed E-state index contributed by atoms with van der Waals surface area (Å²) in [5, 5.41) is 8.70. The zero-order valence-corrected chi connectivity index (χ0v) is 15.5. The first-order valence-corrected chi connectivity index (χ1v) is 9.36. The van der Waals surface area contributed by atoms with E-state index < -0.39 is 0 Å². The molecule has 1 unspecified atom stereocenters. The highest BCUT2D eigenvalue weighted by molar-refractivity contribution is 5.88. The number of hydrogen-bond acceptors (Lipinski definition) is 6. The van der Waals surface area contributed by atoms with Crippen LogP contribution in [0.2, 0.25) is 0 Å². The number of ether oxygens (including phenoxy) is 1. The topological polar surface area (TPSA) is 77.8 Å². The molecule has 3 aromatic heterocycles. The molecule has 4 heterocycles. The van der Waals surface area contributed by atoms with E-state index in [-0.39, 0.29) is 6.10 Å². The highest BCUT2D eigenvalue weighted by Crippen LogP contribution is 2.28. The summed E-state index contributed by atoms with van der Waals surface area (Å²) >= 11 is 0. The molecule has 1 atom stereocenters. The van der Waals surface area contributed by atoms with E-state index in [1.54, 1.807) is 23.3 Å². The number of fused-ring (bicyclic) bond motifs is 2. The molecular weight excluding hydrogens is 352 g/mol. The number of para-hydroxylation sites is 1. The Kier molecular flexibility index (Phi) is 4.12. The quantitative estimate of drug-likeness (QED) is 0.593. The number of nitrogens with one attached hydrogen (secondary N) is 1. The van der Waals surface area contributed by atoms with E-state index in [1.165, 1.54) is 5.56 Å². The molecule has 0 radical (unpaired) electrons. The van der Waals surface area contributed by atoms with Gasteiger partial charge in [0.05, 0.1) is 18.1 Å². The van der Waals surface area contributed by atoms with E-state index >= 15 is 0 Å². The van der Waals surface area contributed by atoms with Gasteiger partial charge in [0.2, 0.25) is 0 Å². The number of hydrogen-bond donors (Lipinski definition) is 1. The molecule has 7 heteroatoms. The Balaban J connectivity index is 1.43. The molecule has 5 rings (SSSR count). The van der Waals surface area contributed by atoms with Gasteiger partial charge in [0, 0.05) is 25.0 Å². The van der Waals surface area contributed by atoms with E-state index in [0.29, 0.717) is 12.4 Å². The van der Waals surface area contributed by atoms with Gasteiger partial charge in [-0.05, 0) is 36.6 Å². The monoisotopic (exact) mass is 372 g/mol. The van der Waals surface area contributed by atoms with Crippen LogP contribution in [-0.2, 0) is 13.5 Å². The second-order valence-electron chi connectivity index (χ2n) is 6.91. The van der Waals surface area contributed by atoms with Crippen LogP contribution in [0.15, 0.2) is 55.0 Å². The Morgan fingerprint density at radius 1 is 1.14 bits per heavy atom. The van der Waals surface area contributed by atoms with Crippen molar-refractivity contribution in [3.63, 3.8) is 0 Å². The summed E-state index contributed by atoms with van der Waals surface area (Å²) in [6.45, 7) is 0.668. The van der Waals surface area contributed by atoms with Gasteiger partial charge in [-0.25, -0.2) is 9.97 Å². The zero-order chi connectivity index (χ0) is 18.9. The number of benzene rings is 1. The standard InChI is InChI=1S/C21H20N6O/c1-27-21-17(13-24-27)20(25-19(26-21)15-6-4-10-22-11-15)23-12-16-9-8-14-5-2-3-7-18(14)28-16/h2-7,10-11,13,16H,8-9,12H2,1H3,(H,23,25,26). The van der Waals surface area contributed by atoms with Crippen molar-refractivity contribution in [2.75, 3.05) is 11.9 Å². The third-order valence-corrected chi connectivity index (χ3v) is 5.01. The van der Waals surface area contributed by atoms with Crippen molar-refractivity contribution < 1.29 is 4.74 Å². The number of rotatable bonds is 4. The Morgan fingerprint density at radius 2 is 2.07 bits per heavy atom. The predicted octanol–water partition coefficient (Wildman–Crippen LogP) is 3.23. The van der Waals surface area contributed by atoms with Gasteiger partial charge in [-0.15, -0.1) is 0 Å². The second-order valence-corrected chi connectivity index (χ2v) is 6.91. The lowest BCUT2D eigenvalue weighted by Crippen LogP contribution is -2.30. The van der Waals surface area contributed by atoms with Crippen LogP contribution in [0, 0.1) is 0 Å². The van der Waals surface area contributed by atoms with Crippen molar-refractivity contribution in [2.45, 2.75) is 18.9 Å². The SMILES string of the molecule is Cn1ncc2c(NCC3CCc4ccccc4O3)nc(-c3cccnc3)nc21. The molecule has 0 saturated heterocycles. The van der Waals surface area contributed by atoms with Crippen LogP contribution < -0.4 is 10.1 Å². The Hall–Kier alpha value is -3.48. The molecule has 7 nitrogen and oxygen atoms in total. The largest absolute Gasteiger partial charge is 0.488 e. The maximum Gasteiger partial charge on any atom is 0.165 e. The molecule has 0 spiro atoms. The number of aryl methyl sites for hydroxylation is 2. The van der Waals surface area contributed by atoms with Crippen LogP contribution in [0.4, 0.5) is 5.82 Å². The van der Waals surface area contributed by atoms with Crippen molar-refractivity contribution in [1.29, 1.82) is 0 Å². The van der Waals surface area contributed by atoms with E-state index in [9.17, 15) is 0 Å². The van der Waals surface area contributed by atoms with Crippen molar-refractivity contribution in [1.82, 2.24) is 24.7 Å². The Bertz CT molecular complexity index is 1120.